The van der Waals surface area contributed by atoms with Crippen LogP contribution in [-0.2, 0) is 17.6 Å². The number of rotatable bonds is 7. The van der Waals surface area contributed by atoms with Crippen molar-refractivity contribution in [3.05, 3.63) is 29.3 Å². The van der Waals surface area contributed by atoms with Crippen LogP contribution in [0.3, 0.4) is 0 Å². The highest BCUT2D eigenvalue weighted by molar-refractivity contribution is 5.66. The molecule has 3 nitrogen and oxygen atoms in total. The van der Waals surface area contributed by atoms with Crippen LogP contribution in [0.15, 0.2) is 18.2 Å². The van der Waals surface area contributed by atoms with Gasteiger partial charge in [0.1, 0.15) is 5.75 Å². The Morgan fingerprint density at radius 3 is 2.61 bits per heavy atom. The Kier molecular flexibility index (Phi) is 5.69. The summed E-state index contributed by atoms with van der Waals surface area (Å²) < 4.78 is 0. The molecular formula is C15H22O3. The Hall–Kier alpha value is -1.51. The monoisotopic (exact) mass is 250 g/mol. The summed E-state index contributed by atoms with van der Waals surface area (Å²) in [5.74, 6) is 0.136. The minimum absolute atomic E-state index is 0.233. The van der Waals surface area contributed by atoms with Crippen LogP contribution in [0.25, 0.3) is 0 Å². The molecule has 0 heterocycles. The molecule has 1 aromatic carbocycles. The first kappa shape index (κ1) is 14.6. The molecule has 0 bridgehead atoms. The van der Waals surface area contributed by atoms with Gasteiger partial charge in [0, 0.05) is 6.42 Å². The van der Waals surface area contributed by atoms with Crippen molar-refractivity contribution < 1.29 is 15.0 Å². The van der Waals surface area contributed by atoms with Crippen LogP contribution in [0.2, 0.25) is 0 Å². The highest BCUT2D eigenvalue weighted by atomic mass is 16.4. The number of hydrogen-bond acceptors (Lipinski definition) is 2. The van der Waals surface area contributed by atoms with Crippen molar-refractivity contribution in [2.45, 2.75) is 46.0 Å². The van der Waals surface area contributed by atoms with Gasteiger partial charge in [-0.25, -0.2) is 0 Å². The number of hydrogen-bond donors (Lipinski definition) is 2. The van der Waals surface area contributed by atoms with Gasteiger partial charge in [-0.05, 0) is 48.8 Å². The molecule has 0 saturated carbocycles. The van der Waals surface area contributed by atoms with E-state index in [0.29, 0.717) is 18.1 Å². The highest BCUT2D eigenvalue weighted by Gasteiger charge is 2.05. The van der Waals surface area contributed by atoms with Gasteiger partial charge in [-0.2, -0.15) is 0 Å². The zero-order valence-corrected chi connectivity index (χ0v) is 11.1. The number of unbranched alkanes of at least 4 members (excludes halogenated alkanes) is 1. The Morgan fingerprint density at radius 2 is 2.00 bits per heavy atom. The molecule has 2 N–H and O–H groups in total. The third-order valence-electron chi connectivity index (χ3n) is 2.88. The van der Waals surface area contributed by atoms with E-state index in [1.165, 1.54) is 5.56 Å². The summed E-state index contributed by atoms with van der Waals surface area (Å²) in [6, 6.07) is 5.69. The second-order valence-electron chi connectivity index (χ2n) is 5.16. The summed E-state index contributed by atoms with van der Waals surface area (Å²) in [7, 11) is 0. The lowest BCUT2D eigenvalue weighted by molar-refractivity contribution is -0.137. The summed E-state index contributed by atoms with van der Waals surface area (Å²) in [5, 5.41) is 18.3. The van der Waals surface area contributed by atoms with Crippen LogP contribution in [0.1, 0.15) is 44.2 Å². The molecule has 0 aliphatic rings. The molecule has 0 radical (unpaired) electrons. The molecule has 1 rings (SSSR count). The summed E-state index contributed by atoms with van der Waals surface area (Å²) in [6.07, 6.45) is 3.55. The smallest absolute Gasteiger partial charge is 0.303 e. The van der Waals surface area contributed by atoms with E-state index in [2.05, 4.69) is 13.8 Å². The molecule has 0 spiro atoms. The largest absolute Gasteiger partial charge is 0.508 e. The average Bonchev–Trinajstić information content (AvgIpc) is 2.27. The van der Waals surface area contributed by atoms with Crippen molar-refractivity contribution in [2.24, 2.45) is 5.92 Å². The molecule has 0 saturated heterocycles. The van der Waals surface area contributed by atoms with Gasteiger partial charge in [0.25, 0.3) is 0 Å². The molecule has 18 heavy (non-hydrogen) atoms. The van der Waals surface area contributed by atoms with E-state index in [4.69, 9.17) is 5.11 Å². The SMILES string of the molecule is CC(C)Cc1cc(CCCCC(=O)O)ccc1O. The number of benzene rings is 1. The number of carboxylic acids is 1. The standard InChI is InChI=1S/C15H22O3/c1-11(2)9-13-10-12(7-8-14(13)16)5-3-4-6-15(17)18/h7-8,10-11,16H,3-6,9H2,1-2H3,(H,17,18). The van der Waals surface area contributed by atoms with Gasteiger partial charge in [-0.3, -0.25) is 4.79 Å². The van der Waals surface area contributed by atoms with Crippen molar-refractivity contribution in [3.8, 4) is 5.75 Å². The van der Waals surface area contributed by atoms with E-state index in [1.54, 1.807) is 6.07 Å². The number of aryl methyl sites for hydroxylation is 1. The Balaban J connectivity index is 2.53. The maximum atomic E-state index is 10.4. The molecule has 0 aliphatic heterocycles. The maximum Gasteiger partial charge on any atom is 0.303 e. The second kappa shape index (κ2) is 7.04. The molecule has 3 heteroatoms. The molecule has 0 amide bonds. The van der Waals surface area contributed by atoms with E-state index < -0.39 is 5.97 Å². The van der Waals surface area contributed by atoms with E-state index in [-0.39, 0.29) is 6.42 Å². The fourth-order valence-corrected chi connectivity index (χ4v) is 2.00. The number of aromatic hydroxyl groups is 1. The van der Waals surface area contributed by atoms with E-state index in [1.807, 2.05) is 12.1 Å². The average molecular weight is 250 g/mol. The molecule has 0 aromatic heterocycles. The van der Waals surface area contributed by atoms with Gasteiger partial charge < -0.3 is 10.2 Å². The lowest BCUT2D eigenvalue weighted by Crippen LogP contribution is -1.97. The number of carbonyl (C=O) groups is 1. The normalized spacial score (nSPS) is 10.8. The number of carboxylic acid groups (broad SMARTS) is 1. The minimum atomic E-state index is -0.735. The van der Waals surface area contributed by atoms with Crippen LogP contribution < -0.4 is 0 Å². The maximum absolute atomic E-state index is 10.4. The topological polar surface area (TPSA) is 57.5 Å². The van der Waals surface area contributed by atoms with Gasteiger partial charge in [0.05, 0.1) is 0 Å². The first-order chi connectivity index (χ1) is 8.49. The molecule has 0 atom stereocenters. The van der Waals surface area contributed by atoms with Crippen LogP contribution in [0, 0.1) is 5.92 Å². The molecule has 100 valence electrons. The predicted octanol–water partition coefficient (Wildman–Crippen LogP) is 3.39. The molecule has 0 fully saturated rings. The summed E-state index contributed by atoms with van der Waals surface area (Å²) >= 11 is 0. The first-order valence-corrected chi connectivity index (χ1v) is 6.51. The first-order valence-electron chi connectivity index (χ1n) is 6.51. The fraction of sp³-hybridized carbons (Fsp3) is 0.533. The van der Waals surface area contributed by atoms with Crippen LogP contribution >= 0.6 is 0 Å². The van der Waals surface area contributed by atoms with Gasteiger partial charge >= 0.3 is 5.97 Å². The van der Waals surface area contributed by atoms with Crippen molar-refractivity contribution >= 4 is 5.97 Å². The minimum Gasteiger partial charge on any atom is -0.508 e. The number of aliphatic carboxylic acids is 1. The molecule has 0 unspecified atom stereocenters. The third-order valence-corrected chi connectivity index (χ3v) is 2.88. The second-order valence-corrected chi connectivity index (χ2v) is 5.16. The lowest BCUT2D eigenvalue weighted by atomic mass is 9.98. The number of phenols is 1. The lowest BCUT2D eigenvalue weighted by Gasteiger charge is -2.09. The van der Waals surface area contributed by atoms with E-state index in [9.17, 15) is 9.90 Å². The fourth-order valence-electron chi connectivity index (χ4n) is 2.00. The van der Waals surface area contributed by atoms with E-state index >= 15 is 0 Å². The van der Waals surface area contributed by atoms with Crippen LogP contribution in [0.5, 0.6) is 5.75 Å². The summed E-state index contributed by atoms with van der Waals surface area (Å²) in [5.41, 5.74) is 2.16. The van der Waals surface area contributed by atoms with Crippen molar-refractivity contribution in [2.75, 3.05) is 0 Å². The van der Waals surface area contributed by atoms with Crippen LogP contribution in [0.4, 0.5) is 0 Å². The van der Waals surface area contributed by atoms with Gasteiger partial charge in [-0.15, -0.1) is 0 Å². The zero-order chi connectivity index (χ0) is 13.5. The van der Waals surface area contributed by atoms with Crippen molar-refractivity contribution in [1.82, 2.24) is 0 Å². The quantitative estimate of drug-likeness (QED) is 0.729. The number of phenolic OH excluding ortho intramolecular Hbond substituents is 1. The van der Waals surface area contributed by atoms with Crippen molar-refractivity contribution in [1.29, 1.82) is 0 Å². The summed E-state index contributed by atoms with van der Waals surface area (Å²) in [4.78, 5) is 10.4. The molecular weight excluding hydrogens is 228 g/mol. The molecule has 1 aromatic rings. The Bertz CT molecular complexity index is 397. The van der Waals surface area contributed by atoms with Crippen molar-refractivity contribution in [3.63, 3.8) is 0 Å². The highest BCUT2D eigenvalue weighted by Crippen LogP contribution is 2.22. The van der Waals surface area contributed by atoms with Gasteiger partial charge in [-0.1, -0.05) is 26.0 Å². The zero-order valence-electron chi connectivity index (χ0n) is 11.1. The molecule has 0 aliphatic carbocycles. The predicted molar refractivity (Wildman–Crippen MR) is 71.8 cm³/mol. The third kappa shape index (κ3) is 5.21. The van der Waals surface area contributed by atoms with Gasteiger partial charge in [0.15, 0.2) is 0 Å². The Labute approximate surface area is 108 Å². The van der Waals surface area contributed by atoms with E-state index in [0.717, 1.165) is 24.8 Å². The summed E-state index contributed by atoms with van der Waals surface area (Å²) in [6.45, 7) is 4.25. The van der Waals surface area contributed by atoms with Gasteiger partial charge in [0.2, 0.25) is 0 Å². The Morgan fingerprint density at radius 1 is 1.28 bits per heavy atom. The van der Waals surface area contributed by atoms with Crippen LogP contribution in [-0.4, -0.2) is 16.2 Å².